The highest BCUT2D eigenvalue weighted by atomic mass is 79.9. The van der Waals surface area contributed by atoms with Crippen LogP contribution in [-0.4, -0.2) is 11.8 Å². The minimum atomic E-state index is -0.465. The zero-order chi connectivity index (χ0) is 22.3. The van der Waals surface area contributed by atoms with Crippen LogP contribution in [0.25, 0.3) is 17.4 Å². The van der Waals surface area contributed by atoms with Gasteiger partial charge < -0.3 is 19.5 Å². The first-order valence-electron chi connectivity index (χ1n) is 9.83. The molecule has 0 fully saturated rings. The number of carbonyl (C=O) groups is 2. The van der Waals surface area contributed by atoms with E-state index in [0.29, 0.717) is 22.8 Å². The highest BCUT2D eigenvalue weighted by Crippen LogP contribution is 2.25. The molecule has 7 heteroatoms. The zero-order valence-electron chi connectivity index (χ0n) is 16.9. The molecule has 0 aliphatic rings. The van der Waals surface area contributed by atoms with Crippen molar-refractivity contribution in [3.63, 3.8) is 0 Å². The van der Waals surface area contributed by atoms with Crippen LogP contribution in [0.15, 0.2) is 104 Å². The van der Waals surface area contributed by atoms with Gasteiger partial charge in [0.05, 0.1) is 12.8 Å². The maximum Gasteiger partial charge on any atom is 0.268 e. The summed E-state index contributed by atoms with van der Waals surface area (Å²) in [7, 11) is 0. The first kappa shape index (κ1) is 21.4. The molecule has 2 N–H and O–H groups in total. The molecule has 0 spiro atoms. The van der Waals surface area contributed by atoms with Gasteiger partial charge >= 0.3 is 0 Å². The van der Waals surface area contributed by atoms with E-state index < -0.39 is 11.8 Å². The number of halogens is 1. The molecule has 4 aromatic rings. The minimum absolute atomic E-state index is 0.0575. The number of hydrogen-bond acceptors (Lipinski definition) is 4. The third kappa shape index (κ3) is 5.44. The number of carbonyl (C=O) groups excluding carboxylic acids is 2. The summed E-state index contributed by atoms with van der Waals surface area (Å²) in [5.74, 6) is 0.812. The molecule has 0 aliphatic carbocycles. The maximum atomic E-state index is 12.8. The lowest BCUT2D eigenvalue weighted by Gasteiger charge is -2.10. The molecule has 0 radical (unpaired) electrons. The normalized spacial score (nSPS) is 11.2. The van der Waals surface area contributed by atoms with Gasteiger partial charge in [-0.1, -0.05) is 46.3 Å². The Bertz CT molecular complexity index is 1230. The molecular weight excluding hydrogens is 472 g/mol. The predicted octanol–water partition coefficient (Wildman–Crippen LogP) is 5.39. The van der Waals surface area contributed by atoms with E-state index >= 15 is 0 Å². The summed E-state index contributed by atoms with van der Waals surface area (Å²) in [4.78, 5) is 25.5. The Morgan fingerprint density at radius 2 is 1.69 bits per heavy atom. The molecular formula is C25H19BrN2O4. The van der Waals surface area contributed by atoms with Crippen LogP contribution < -0.4 is 10.6 Å². The van der Waals surface area contributed by atoms with Gasteiger partial charge in [-0.15, -0.1) is 0 Å². The van der Waals surface area contributed by atoms with E-state index in [1.807, 2.05) is 36.4 Å². The molecule has 32 heavy (non-hydrogen) atoms. The predicted molar refractivity (Wildman–Crippen MR) is 124 cm³/mol. The largest absolute Gasteiger partial charge is 0.467 e. The molecule has 2 aromatic carbocycles. The van der Waals surface area contributed by atoms with Crippen molar-refractivity contribution >= 4 is 33.8 Å². The van der Waals surface area contributed by atoms with Gasteiger partial charge in [-0.05, 0) is 48.5 Å². The molecule has 4 rings (SSSR count). The molecule has 6 nitrogen and oxygen atoms in total. The Morgan fingerprint density at radius 1 is 0.906 bits per heavy atom. The van der Waals surface area contributed by atoms with E-state index in [1.54, 1.807) is 42.5 Å². The summed E-state index contributed by atoms with van der Waals surface area (Å²) in [6, 6.07) is 23.4. The summed E-state index contributed by atoms with van der Waals surface area (Å²) in [6.45, 7) is 0.187. The third-order valence-electron chi connectivity index (χ3n) is 4.57. The Kier molecular flexibility index (Phi) is 6.67. The van der Waals surface area contributed by atoms with Gasteiger partial charge in [-0.25, -0.2) is 0 Å². The standard InChI is InChI=1S/C25H19BrN2O4/c26-19-10-8-17(9-11-19)23-13-12-20(32-23)15-22(25(30)27-16-21-7-4-14-31-21)28-24(29)18-5-2-1-3-6-18/h1-15H,16H2,(H,27,30)(H,28,29). The highest BCUT2D eigenvalue weighted by molar-refractivity contribution is 9.10. The van der Waals surface area contributed by atoms with Crippen LogP contribution in [0.2, 0.25) is 0 Å². The Balaban J connectivity index is 1.57. The zero-order valence-corrected chi connectivity index (χ0v) is 18.5. The van der Waals surface area contributed by atoms with Crippen molar-refractivity contribution in [1.29, 1.82) is 0 Å². The van der Waals surface area contributed by atoms with Crippen molar-refractivity contribution in [2.45, 2.75) is 6.54 Å². The molecule has 0 saturated carbocycles. The molecule has 2 amide bonds. The van der Waals surface area contributed by atoms with Gasteiger partial charge in [-0.3, -0.25) is 9.59 Å². The lowest BCUT2D eigenvalue weighted by atomic mass is 10.2. The number of furan rings is 2. The Labute approximate surface area is 193 Å². The van der Waals surface area contributed by atoms with Crippen LogP contribution in [0.3, 0.4) is 0 Å². The summed E-state index contributed by atoms with van der Waals surface area (Å²) in [5, 5.41) is 5.43. The second-order valence-electron chi connectivity index (χ2n) is 6.85. The molecule has 0 atom stereocenters. The summed E-state index contributed by atoms with van der Waals surface area (Å²) in [5.41, 5.74) is 1.39. The number of rotatable bonds is 7. The third-order valence-corrected chi connectivity index (χ3v) is 5.10. The lowest BCUT2D eigenvalue weighted by Crippen LogP contribution is -2.34. The molecule has 2 heterocycles. The number of amides is 2. The first-order chi connectivity index (χ1) is 15.6. The SMILES string of the molecule is O=C(NCc1ccco1)C(=Cc1ccc(-c2ccc(Br)cc2)o1)NC(=O)c1ccccc1. The maximum absolute atomic E-state index is 12.8. The minimum Gasteiger partial charge on any atom is -0.467 e. The van der Waals surface area contributed by atoms with Crippen molar-refractivity contribution < 1.29 is 18.4 Å². The smallest absolute Gasteiger partial charge is 0.268 e. The highest BCUT2D eigenvalue weighted by Gasteiger charge is 2.16. The van der Waals surface area contributed by atoms with Crippen molar-refractivity contribution in [2.24, 2.45) is 0 Å². The van der Waals surface area contributed by atoms with Crippen LogP contribution >= 0.6 is 15.9 Å². The van der Waals surface area contributed by atoms with E-state index in [9.17, 15) is 9.59 Å². The second-order valence-corrected chi connectivity index (χ2v) is 7.76. The van der Waals surface area contributed by atoms with E-state index in [2.05, 4.69) is 26.6 Å². The van der Waals surface area contributed by atoms with Gasteiger partial charge in [0.1, 0.15) is 23.0 Å². The second kappa shape index (κ2) is 9.98. The Hall–Kier alpha value is -3.84. The molecule has 0 bridgehead atoms. The lowest BCUT2D eigenvalue weighted by molar-refractivity contribution is -0.118. The average molecular weight is 491 g/mol. The van der Waals surface area contributed by atoms with Crippen LogP contribution in [0.1, 0.15) is 21.9 Å². The van der Waals surface area contributed by atoms with Crippen molar-refractivity contribution in [1.82, 2.24) is 10.6 Å². The average Bonchev–Trinajstić information content (AvgIpc) is 3.50. The van der Waals surface area contributed by atoms with Crippen LogP contribution in [-0.2, 0) is 11.3 Å². The van der Waals surface area contributed by atoms with Crippen molar-refractivity contribution in [2.75, 3.05) is 0 Å². The van der Waals surface area contributed by atoms with E-state index in [4.69, 9.17) is 8.83 Å². The fourth-order valence-electron chi connectivity index (χ4n) is 2.96. The quantitative estimate of drug-likeness (QED) is 0.340. The molecule has 2 aromatic heterocycles. The van der Waals surface area contributed by atoms with Gasteiger partial charge in [0.25, 0.3) is 11.8 Å². The first-order valence-corrected chi connectivity index (χ1v) is 10.6. The monoisotopic (exact) mass is 490 g/mol. The Morgan fingerprint density at radius 3 is 2.41 bits per heavy atom. The van der Waals surface area contributed by atoms with Crippen LogP contribution in [0.4, 0.5) is 0 Å². The summed E-state index contributed by atoms with van der Waals surface area (Å²) >= 11 is 3.41. The fraction of sp³-hybridized carbons (Fsp3) is 0.0400. The molecule has 0 saturated heterocycles. The van der Waals surface area contributed by atoms with Crippen molar-refractivity contribution in [3.05, 3.63) is 112 Å². The van der Waals surface area contributed by atoms with E-state index in [1.165, 1.54) is 12.3 Å². The van der Waals surface area contributed by atoms with Gasteiger partial charge in [0.2, 0.25) is 0 Å². The van der Waals surface area contributed by atoms with Gasteiger partial charge in [0, 0.05) is 21.7 Å². The van der Waals surface area contributed by atoms with E-state index in [0.717, 1.165) is 10.0 Å². The molecule has 0 aliphatic heterocycles. The fourth-order valence-corrected chi connectivity index (χ4v) is 3.22. The molecule has 160 valence electrons. The molecule has 0 unspecified atom stereocenters. The van der Waals surface area contributed by atoms with Gasteiger partial charge in [0.15, 0.2) is 0 Å². The van der Waals surface area contributed by atoms with Crippen molar-refractivity contribution in [3.8, 4) is 11.3 Å². The summed E-state index contributed by atoms with van der Waals surface area (Å²) < 4.78 is 12.1. The number of benzene rings is 2. The van der Waals surface area contributed by atoms with Crippen LogP contribution in [0.5, 0.6) is 0 Å². The summed E-state index contributed by atoms with van der Waals surface area (Å²) in [6.07, 6.45) is 3.03. The van der Waals surface area contributed by atoms with Crippen LogP contribution in [0, 0.1) is 0 Å². The van der Waals surface area contributed by atoms with E-state index in [-0.39, 0.29) is 12.2 Å². The van der Waals surface area contributed by atoms with Gasteiger partial charge in [-0.2, -0.15) is 0 Å². The number of nitrogens with one attached hydrogen (secondary N) is 2. The topological polar surface area (TPSA) is 84.5 Å². The number of hydrogen-bond donors (Lipinski definition) is 2.